The van der Waals surface area contributed by atoms with E-state index in [1.54, 1.807) is 4.90 Å². The molecule has 0 aliphatic carbocycles. The molecule has 0 radical (unpaired) electrons. The van der Waals surface area contributed by atoms with E-state index >= 15 is 0 Å². The average Bonchev–Trinajstić information content (AvgIpc) is 2.78. The zero-order valence-electron chi connectivity index (χ0n) is 19.3. The maximum absolute atomic E-state index is 12.2. The number of amides is 1. The molecule has 1 amide bonds. The SMILES string of the molecule is Cc1ccc(OCC(O)CN(C)Cc2ccc(OCC(=O)N3CCOCC3)cc2)c(C)c1. The van der Waals surface area contributed by atoms with Crippen LogP contribution in [0.1, 0.15) is 16.7 Å². The first kappa shape index (κ1) is 24.0. The van der Waals surface area contributed by atoms with E-state index in [4.69, 9.17) is 14.2 Å². The van der Waals surface area contributed by atoms with E-state index in [1.807, 2.05) is 62.2 Å². The zero-order chi connectivity index (χ0) is 22.9. The van der Waals surface area contributed by atoms with Crippen LogP contribution in [-0.4, -0.2) is 80.0 Å². The molecule has 7 heteroatoms. The number of hydrogen-bond acceptors (Lipinski definition) is 6. The lowest BCUT2D eigenvalue weighted by atomic mass is 10.1. The Kier molecular flexibility index (Phi) is 8.90. The van der Waals surface area contributed by atoms with Gasteiger partial charge >= 0.3 is 0 Å². The van der Waals surface area contributed by atoms with Crippen molar-refractivity contribution in [3.8, 4) is 11.5 Å². The predicted octanol–water partition coefficient (Wildman–Crippen LogP) is 2.41. The van der Waals surface area contributed by atoms with Crippen LogP contribution in [0.5, 0.6) is 11.5 Å². The van der Waals surface area contributed by atoms with Crippen LogP contribution in [0.4, 0.5) is 0 Å². The topological polar surface area (TPSA) is 71.5 Å². The third-order valence-corrected chi connectivity index (χ3v) is 5.39. The van der Waals surface area contributed by atoms with Crippen molar-refractivity contribution in [2.75, 3.05) is 53.1 Å². The Bertz CT molecular complexity index is 865. The number of morpholine rings is 1. The van der Waals surface area contributed by atoms with Crippen molar-refractivity contribution in [1.29, 1.82) is 0 Å². The van der Waals surface area contributed by atoms with E-state index in [0.29, 0.717) is 45.1 Å². The molecule has 1 saturated heterocycles. The van der Waals surface area contributed by atoms with Gasteiger partial charge in [0.25, 0.3) is 5.91 Å². The number of likely N-dealkylation sites (N-methyl/N-ethyl adjacent to an activating group) is 1. The molecule has 1 heterocycles. The first-order valence-corrected chi connectivity index (χ1v) is 11.0. The summed E-state index contributed by atoms with van der Waals surface area (Å²) >= 11 is 0. The van der Waals surface area contributed by atoms with Crippen molar-refractivity contribution in [3.63, 3.8) is 0 Å². The molecule has 2 aromatic carbocycles. The summed E-state index contributed by atoms with van der Waals surface area (Å²) in [4.78, 5) is 16.0. The molecule has 1 fully saturated rings. The quantitative estimate of drug-likeness (QED) is 0.609. The molecule has 1 N–H and O–H groups in total. The van der Waals surface area contributed by atoms with Gasteiger partial charge < -0.3 is 24.2 Å². The van der Waals surface area contributed by atoms with Gasteiger partial charge in [-0.1, -0.05) is 29.8 Å². The first-order valence-electron chi connectivity index (χ1n) is 11.0. The normalized spacial score (nSPS) is 15.0. The fraction of sp³-hybridized carbons (Fsp3) is 0.480. The summed E-state index contributed by atoms with van der Waals surface area (Å²) in [6.07, 6.45) is -0.588. The van der Waals surface area contributed by atoms with E-state index in [9.17, 15) is 9.90 Å². The Morgan fingerprint density at radius 3 is 2.53 bits per heavy atom. The van der Waals surface area contributed by atoms with Gasteiger partial charge in [-0.05, 0) is 50.2 Å². The van der Waals surface area contributed by atoms with Gasteiger partial charge in [-0.3, -0.25) is 9.69 Å². The molecule has 1 aliphatic rings. The number of carbonyl (C=O) groups excluding carboxylic acids is 1. The lowest BCUT2D eigenvalue weighted by Gasteiger charge is -2.26. The number of carbonyl (C=O) groups is 1. The van der Waals surface area contributed by atoms with E-state index in [1.165, 1.54) is 5.56 Å². The standard InChI is InChI=1S/C25H34N2O5/c1-19-4-9-24(20(2)14-19)32-17-22(28)16-26(3)15-21-5-7-23(8-6-21)31-18-25(29)27-10-12-30-13-11-27/h4-9,14,22,28H,10-13,15-18H2,1-3H3. The summed E-state index contributed by atoms with van der Waals surface area (Å²) in [6, 6.07) is 13.7. The second-order valence-corrected chi connectivity index (χ2v) is 8.36. The summed E-state index contributed by atoms with van der Waals surface area (Å²) in [6.45, 7) is 7.93. The molecule has 1 atom stereocenters. The van der Waals surface area contributed by atoms with Gasteiger partial charge in [0.05, 0.1) is 13.2 Å². The second kappa shape index (κ2) is 11.9. The average molecular weight is 443 g/mol. The second-order valence-electron chi connectivity index (χ2n) is 8.36. The van der Waals surface area contributed by atoms with Crippen molar-refractivity contribution in [1.82, 2.24) is 9.80 Å². The maximum Gasteiger partial charge on any atom is 0.260 e. The lowest BCUT2D eigenvalue weighted by molar-refractivity contribution is -0.137. The van der Waals surface area contributed by atoms with E-state index in [0.717, 1.165) is 16.9 Å². The third kappa shape index (κ3) is 7.51. The molecular formula is C25H34N2O5. The number of aliphatic hydroxyl groups is 1. The lowest BCUT2D eigenvalue weighted by Crippen LogP contribution is -2.42. The fourth-order valence-electron chi connectivity index (χ4n) is 3.68. The fourth-order valence-corrected chi connectivity index (χ4v) is 3.68. The molecule has 174 valence electrons. The van der Waals surface area contributed by atoms with Crippen molar-refractivity contribution in [3.05, 3.63) is 59.2 Å². The van der Waals surface area contributed by atoms with Crippen LogP contribution in [0.25, 0.3) is 0 Å². The molecule has 1 unspecified atom stereocenters. The van der Waals surface area contributed by atoms with Crippen LogP contribution in [0, 0.1) is 13.8 Å². The first-order chi connectivity index (χ1) is 15.4. The predicted molar refractivity (Wildman–Crippen MR) is 123 cm³/mol. The van der Waals surface area contributed by atoms with Crippen molar-refractivity contribution in [2.24, 2.45) is 0 Å². The number of aliphatic hydroxyl groups excluding tert-OH is 1. The minimum atomic E-state index is -0.588. The molecule has 1 aliphatic heterocycles. The van der Waals surface area contributed by atoms with Crippen LogP contribution >= 0.6 is 0 Å². The largest absolute Gasteiger partial charge is 0.491 e. The van der Waals surface area contributed by atoms with Gasteiger partial charge in [-0.2, -0.15) is 0 Å². The number of hydrogen-bond donors (Lipinski definition) is 1. The van der Waals surface area contributed by atoms with Crippen molar-refractivity contribution < 1.29 is 24.1 Å². The summed E-state index contributed by atoms with van der Waals surface area (Å²) in [5.41, 5.74) is 3.36. The van der Waals surface area contributed by atoms with Gasteiger partial charge in [-0.25, -0.2) is 0 Å². The molecular weight excluding hydrogens is 408 g/mol. The molecule has 0 aromatic heterocycles. The molecule has 0 saturated carbocycles. The van der Waals surface area contributed by atoms with Gasteiger partial charge in [0.2, 0.25) is 0 Å². The van der Waals surface area contributed by atoms with E-state index < -0.39 is 6.10 Å². The minimum Gasteiger partial charge on any atom is -0.491 e. The number of rotatable bonds is 10. The van der Waals surface area contributed by atoms with Gasteiger partial charge in [0.1, 0.15) is 24.2 Å². The molecule has 0 spiro atoms. The summed E-state index contributed by atoms with van der Waals surface area (Å²) < 4.78 is 16.7. The number of benzene rings is 2. The van der Waals surface area contributed by atoms with E-state index in [-0.39, 0.29) is 19.1 Å². The zero-order valence-corrected chi connectivity index (χ0v) is 19.3. The monoisotopic (exact) mass is 442 g/mol. The number of aryl methyl sites for hydroxylation is 2. The Balaban J connectivity index is 1.38. The van der Waals surface area contributed by atoms with E-state index in [2.05, 4.69) is 6.07 Å². The van der Waals surface area contributed by atoms with Crippen LogP contribution < -0.4 is 9.47 Å². The van der Waals surface area contributed by atoms with Gasteiger partial charge in [-0.15, -0.1) is 0 Å². The molecule has 0 bridgehead atoms. The number of ether oxygens (including phenoxy) is 3. The van der Waals surface area contributed by atoms with Crippen molar-refractivity contribution in [2.45, 2.75) is 26.5 Å². The number of nitrogens with zero attached hydrogens (tertiary/aromatic N) is 2. The van der Waals surface area contributed by atoms with Crippen LogP contribution in [0.2, 0.25) is 0 Å². The van der Waals surface area contributed by atoms with Gasteiger partial charge in [0.15, 0.2) is 6.61 Å². The molecule has 7 nitrogen and oxygen atoms in total. The summed E-state index contributed by atoms with van der Waals surface area (Å²) in [5.74, 6) is 1.45. The highest BCUT2D eigenvalue weighted by Gasteiger charge is 2.17. The van der Waals surface area contributed by atoms with Crippen LogP contribution in [0.3, 0.4) is 0 Å². The Morgan fingerprint density at radius 2 is 1.84 bits per heavy atom. The van der Waals surface area contributed by atoms with Crippen molar-refractivity contribution >= 4 is 5.91 Å². The smallest absolute Gasteiger partial charge is 0.260 e. The maximum atomic E-state index is 12.2. The highest BCUT2D eigenvalue weighted by atomic mass is 16.5. The Labute approximate surface area is 190 Å². The van der Waals surface area contributed by atoms with Crippen LogP contribution in [-0.2, 0) is 16.1 Å². The highest BCUT2D eigenvalue weighted by Crippen LogP contribution is 2.19. The molecule has 32 heavy (non-hydrogen) atoms. The summed E-state index contributed by atoms with van der Waals surface area (Å²) in [7, 11) is 1.96. The minimum absolute atomic E-state index is 0.0193. The summed E-state index contributed by atoms with van der Waals surface area (Å²) in [5, 5.41) is 10.3. The Hall–Kier alpha value is -2.61. The van der Waals surface area contributed by atoms with Gasteiger partial charge in [0, 0.05) is 26.2 Å². The third-order valence-electron chi connectivity index (χ3n) is 5.39. The molecule has 2 aromatic rings. The van der Waals surface area contributed by atoms with Crippen LogP contribution in [0.15, 0.2) is 42.5 Å². The highest BCUT2D eigenvalue weighted by molar-refractivity contribution is 5.77. The Morgan fingerprint density at radius 1 is 1.12 bits per heavy atom. The molecule has 3 rings (SSSR count).